The van der Waals surface area contributed by atoms with Gasteiger partial charge in [-0.25, -0.2) is 4.39 Å². The van der Waals surface area contributed by atoms with Crippen molar-refractivity contribution in [2.24, 2.45) is 5.92 Å². The van der Waals surface area contributed by atoms with E-state index in [0.717, 1.165) is 31.6 Å². The molecule has 1 aromatic rings. The van der Waals surface area contributed by atoms with Crippen LogP contribution in [0, 0.1) is 18.7 Å². The number of hydrogen-bond acceptors (Lipinski definition) is 2. The van der Waals surface area contributed by atoms with Crippen LogP contribution in [0.2, 0.25) is 0 Å². The highest BCUT2D eigenvalue weighted by Gasteiger charge is 2.20. The van der Waals surface area contributed by atoms with Crippen molar-refractivity contribution < 1.29 is 9.18 Å². The summed E-state index contributed by atoms with van der Waals surface area (Å²) in [6.45, 7) is 3.68. The summed E-state index contributed by atoms with van der Waals surface area (Å²) in [5.41, 5.74) is 1.32. The smallest absolute Gasteiger partial charge is 0.227 e. The SMILES string of the molecule is Cc1cc(N(C)C(=O)CC2CCCNC2)ccc1F. The van der Waals surface area contributed by atoms with Gasteiger partial charge in [0.1, 0.15) is 5.82 Å². The van der Waals surface area contributed by atoms with Crippen molar-refractivity contribution in [3.05, 3.63) is 29.6 Å². The zero-order valence-corrected chi connectivity index (χ0v) is 11.6. The Morgan fingerprint density at radius 1 is 1.53 bits per heavy atom. The monoisotopic (exact) mass is 264 g/mol. The highest BCUT2D eigenvalue weighted by atomic mass is 19.1. The standard InChI is InChI=1S/C15H21FN2O/c1-11-8-13(5-6-14(11)16)18(2)15(19)9-12-4-3-7-17-10-12/h5-6,8,12,17H,3-4,7,9-10H2,1-2H3. The van der Waals surface area contributed by atoms with Crippen molar-refractivity contribution >= 4 is 11.6 Å². The van der Waals surface area contributed by atoms with E-state index in [0.29, 0.717) is 17.9 Å². The minimum absolute atomic E-state index is 0.0970. The molecule has 0 aliphatic carbocycles. The third-order valence-corrected chi connectivity index (χ3v) is 3.77. The number of aryl methyl sites for hydroxylation is 1. The second-order valence-electron chi connectivity index (χ2n) is 5.30. The minimum Gasteiger partial charge on any atom is -0.316 e. The van der Waals surface area contributed by atoms with Gasteiger partial charge < -0.3 is 10.2 Å². The Labute approximate surface area is 113 Å². The molecule has 4 heteroatoms. The van der Waals surface area contributed by atoms with Crippen LogP contribution >= 0.6 is 0 Å². The van der Waals surface area contributed by atoms with Gasteiger partial charge in [-0.05, 0) is 62.5 Å². The van der Waals surface area contributed by atoms with E-state index in [1.165, 1.54) is 6.07 Å². The lowest BCUT2D eigenvalue weighted by molar-refractivity contribution is -0.119. The van der Waals surface area contributed by atoms with Gasteiger partial charge in [0.15, 0.2) is 0 Å². The van der Waals surface area contributed by atoms with Gasteiger partial charge >= 0.3 is 0 Å². The van der Waals surface area contributed by atoms with Crippen molar-refractivity contribution in [2.75, 3.05) is 25.0 Å². The van der Waals surface area contributed by atoms with Crippen LogP contribution in [-0.4, -0.2) is 26.0 Å². The first-order chi connectivity index (χ1) is 9.08. The van der Waals surface area contributed by atoms with Crippen molar-refractivity contribution in [2.45, 2.75) is 26.2 Å². The number of halogens is 1. The second kappa shape index (κ2) is 6.15. The van der Waals surface area contributed by atoms with Crippen LogP contribution in [0.3, 0.4) is 0 Å². The fraction of sp³-hybridized carbons (Fsp3) is 0.533. The Morgan fingerprint density at radius 2 is 2.32 bits per heavy atom. The number of carbonyl (C=O) groups excluding carboxylic acids is 1. The number of nitrogens with one attached hydrogen (secondary N) is 1. The third kappa shape index (κ3) is 3.53. The maximum absolute atomic E-state index is 13.2. The number of amides is 1. The first-order valence-electron chi connectivity index (χ1n) is 6.81. The molecule has 1 atom stereocenters. The van der Waals surface area contributed by atoms with Crippen molar-refractivity contribution in [1.82, 2.24) is 5.32 Å². The Hall–Kier alpha value is -1.42. The predicted molar refractivity (Wildman–Crippen MR) is 74.8 cm³/mol. The quantitative estimate of drug-likeness (QED) is 0.909. The van der Waals surface area contributed by atoms with Crippen molar-refractivity contribution in [3.8, 4) is 0 Å². The summed E-state index contributed by atoms with van der Waals surface area (Å²) >= 11 is 0. The van der Waals surface area contributed by atoms with Gasteiger partial charge in [0.2, 0.25) is 5.91 Å². The highest BCUT2D eigenvalue weighted by molar-refractivity contribution is 5.93. The maximum Gasteiger partial charge on any atom is 0.227 e. The molecule has 104 valence electrons. The molecule has 1 saturated heterocycles. The summed E-state index contributed by atoms with van der Waals surface area (Å²) in [7, 11) is 1.76. The Balaban J connectivity index is 1.99. The summed E-state index contributed by atoms with van der Waals surface area (Å²) in [6.07, 6.45) is 2.80. The van der Waals surface area contributed by atoms with E-state index >= 15 is 0 Å². The summed E-state index contributed by atoms with van der Waals surface area (Å²) in [6, 6.07) is 4.78. The highest BCUT2D eigenvalue weighted by Crippen LogP contribution is 2.20. The fourth-order valence-corrected chi connectivity index (χ4v) is 2.46. The normalized spacial score (nSPS) is 19.2. The summed E-state index contributed by atoms with van der Waals surface area (Å²) in [4.78, 5) is 13.8. The number of carbonyl (C=O) groups is 1. The van der Waals surface area contributed by atoms with E-state index < -0.39 is 0 Å². The molecule has 0 spiro atoms. The molecule has 1 amide bonds. The minimum atomic E-state index is -0.235. The Morgan fingerprint density at radius 3 is 2.95 bits per heavy atom. The largest absolute Gasteiger partial charge is 0.316 e. The molecular weight excluding hydrogens is 243 g/mol. The molecule has 1 unspecified atom stereocenters. The Kier molecular flexibility index (Phi) is 4.53. The van der Waals surface area contributed by atoms with Gasteiger partial charge in [0, 0.05) is 19.2 Å². The number of hydrogen-bond donors (Lipinski definition) is 1. The molecule has 1 fully saturated rings. The lowest BCUT2D eigenvalue weighted by Crippen LogP contribution is -2.35. The van der Waals surface area contributed by atoms with E-state index in [-0.39, 0.29) is 11.7 Å². The van der Waals surface area contributed by atoms with Gasteiger partial charge in [0.25, 0.3) is 0 Å². The number of nitrogens with zero attached hydrogens (tertiary/aromatic N) is 1. The molecule has 2 rings (SSSR count). The Bertz CT molecular complexity index is 455. The molecule has 1 aromatic carbocycles. The van der Waals surface area contributed by atoms with E-state index in [2.05, 4.69) is 5.32 Å². The van der Waals surface area contributed by atoms with Crippen LogP contribution in [0.25, 0.3) is 0 Å². The van der Waals surface area contributed by atoms with Gasteiger partial charge in [-0.2, -0.15) is 0 Å². The number of piperidine rings is 1. The zero-order chi connectivity index (χ0) is 13.8. The van der Waals surface area contributed by atoms with Gasteiger partial charge in [-0.3, -0.25) is 4.79 Å². The molecule has 0 aromatic heterocycles. The van der Waals surface area contributed by atoms with Gasteiger partial charge in [-0.1, -0.05) is 0 Å². The summed E-state index contributed by atoms with van der Waals surface area (Å²) < 4.78 is 13.2. The average molecular weight is 264 g/mol. The van der Waals surface area contributed by atoms with Crippen molar-refractivity contribution in [3.63, 3.8) is 0 Å². The molecule has 1 aliphatic heterocycles. The average Bonchev–Trinajstić information content (AvgIpc) is 2.42. The van der Waals surface area contributed by atoms with Crippen LogP contribution in [0.4, 0.5) is 10.1 Å². The van der Waals surface area contributed by atoms with E-state index in [9.17, 15) is 9.18 Å². The molecule has 0 radical (unpaired) electrons. The molecular formula is C15H21FN2O. The first kappa shape index (κ1) is 14.0. The first-order valence-corrected chi connectivity index (χ1v) is 6.81. The predicted octanol–water partition coefficient (Wildman–Crippen LogP) is 2.49. The summed E-state index contributed by atoms with van der Waals surface area (Å²) in [5, 5.41) is 3.32. The summed E-state index contributed by atoms with van der Waals surface area (Å²) in [5.74, 6) is 0.283. The molecule has 1 N–H and O–H groups in total. The van der Waals surface area contributed by atoms with Crippen molar-refractivity contribution in [1.29, 1.82) is 0 Å². The van der Waals surface area contributed by atoms with Crippen LogP contribution in [-0.2, 0) is 4.79 Å². The lowest BCUT2D eigenvalue weighted by atomic mass is 9.95. The third-order valence-electron chi connectivity index (χ3n) is 3.77. The van der Waals surface area contributed by atoms with Crippen LogP contribution < -0.4 is 10.2 Å². The molecule has 19 heavy (non-hydrogen) atoms. The van der Waals surface area contributed by atoms with Crippen LogP contribution in [0.5, 0.6) is 0 Å². The van der Waals surface area contributed by atoms with Gasteiger partial charge in [-0.15, -0.1) is 0 Å². The fourth-order valence-electron chi connectivity index (χ4n) is 2.46. The molecule has 0 bridgehead atoms. The van der Waals surface area contributed by atoms with Crippen LogP contribution in [0.15, 0.2) is 18.2 Å². The maximum atomic E-state index is 13.2. The van der Waals surface area contributed by atoms with E-state index in [1.54, 1.807) is 31.0 Å². The second-order valence-corrected chi connectivity index (χ2v) is 5.30. The topological polar surface area (TPSA) is 32.3 Å². The van der Waals surface area contributed by atoms with E-state index in [1.807, 2.05) is 0 Å². The lowest BCUT2D eigenvalue weighted by Gasteiger charge is -2.25. The van der Waals surface area contributed by atoms with E-state index in [4.69, 9.17) is 0 Å². The molecule has 1 heterocycles. The molecule has 3 nitrogen and oxygen atoms in total. The van der Waals surface area contributed by atoms with Gasteiger partial charge in [0.05, 0.1) is 0 Å². The molecule has 1 aliphatic rings. The zero-order valence-electron chi connectivity index (χ0n) is 11.6. The number of rotatable bonds is 3. The molecule has 0 saturated carbocycles. The number of anilines is 1. The number of benzene rings is 1. The van der Waals surface area contributed by atoms with Crippen LogP contribution in [0.1, 0.15) is 24.8 Å².